The van der Waals surface area contributed by atoms with Gasteiger partial charge >= 0.3 is 6.36 Å². The third kappa shape index (κ3) is 3.80. The number of aromatic amines is 1. The van der Waals surface area contributed by atoms with E-state index in [1.807, 2.05) is 18.3 Å². The molecule has 156 valence electrons. The molecule has 1 aliphatic carbocycles. The highest BCUT2D eigenvalue weighted by molar-refractivity contribution is 5.92. The number of nitrogens with one attached hydrogen (secondary N) is 2. The molecule has 1 saturated carbocycles. The molecule has 0 unspecified atom stereocenters. The maximum Gasteiger partial charge on any atom is 0.522 e. The second-order valence-corrected chi connectivity index (χ2v) is 7.29. The van der Waals surface area contributed by atoms with Gasteiger partial charge in [0.15, 0.2) is 5.65 Å². The fraction of sp³-hybridized carbons (Fsp3) is 0.368. The van der Waals surface area contributed by atoms with Gasteiger partial charge in [-0.15, -0.1) is 13.2 Å². The van der Waals surface area contributed by atoms with E-state index in [-0.39, 0.29) is 6.04 Å². The normalized spacial score (nSPS) is 20.1. The highest BCUT2D eigenvalue weighted by Gasteiger charge is 2.35. The number of fused-ring (bicyclic) bond motifs is 2. The first-order chi connectivity index (χ1) is 14.4. The van der Waals surface area contributed by atoms with E-state index in [2.05, 4.69) is 35.1 Å². The van der Waals surface area contributed by atoms with Crippen molar-refractivity contribution in [1.29, 1.82) is 0 Å². The van der Waals surface area contributed by atoms with E-state index in [0.29, 0.717) is 37.3 Å². The molecule has 0 saturated heterocycles. The zero-order valence-corrected chi connectivity index (χ0v) is 15.7. The molecule has 0 amide bonds. The molecule has 0 radical (unpaired) electrons. The molecule has 0 bridgehead atoms. The lowest BCUT2D eigenvalue weighted by Crippen LogP contribution is -2.33. The summed E-state index contributed by atoms with van der Waals surface area (Å²) in [5.74, 6) is 0.439. The maximum atomic E-state index is 12.3. The summed E-state index contributed by atoms with van der Waals surface area (Å²) in [6.45, 7) is 0. The molecule has 11 heteroatoms. The predicted octanol–water partition coefficient (Wildman–Crippen LogP) is 3.93. The number of nitrogens with zero attached hydrogens (tertiary/aromatic N) is 5. The number of halogens is 3. The van der Waals surface area contributed by atoms with E-state index >= 15 is 0 Å². The summed E-state index contributed by atoms with van der Waals surface area (Å²) in [6, 6.07) is 3.78. The van der Waals surface area contributed by atoms with Gasteiger partial charge in [0.05, 0.1) is 11.8 Å². The first-order valence-electron chi connectivity index (χ1n) is 9.60. The van der Waals surface area contributed by atoms with Gasteiger partial charge in [0.1, 0.15) is 5.65 Å². The molecule has 4 aromatic rings. The van der Waals surface area contributed by atoms with E-state index in [4.69, 9.17) is 0 Å². The van der Waals surface area contributed by atoms with Crippen LogP contribution in [0.25, 0.3) is 27.9 Å². The standard InChI is InChI=1S/C19H18F3N7O/c20-19(21,22)30-12-3-1-11(2-4-12)26-18-25-10-14-13(9-24-17(14)27-18)15-5-6-16-23-7-8-29(16)28-15/h5-12H,1-4H2,(H2,24,25,26,27)/t11-,12+. The number of ether oxygens (including phenoxy) is 1. The highest BCUT2D eigenvalue weighted by atomic mass is 19.4. The van der Waals surface area contributed by atoms with Crippen molar-refractivity contribution >= 4 is 22.6 Å². The molecule has 1 fully saturated rings. The Morgan fingerprint density at radius 1 is 1.13 bits per heavy atom. The van der Waals surface area contributed by atoms with Crippen molar-refractivity contribution < 1.29 is 17.9 Å². The van der Waals surface area contributed by atoms with Crippen LogP contribution < -0.4 is 5.32 Å². The Balaban J connectivity index is 1.29. The third-order valence-electron chi connectivity index (χ3n) is 5.27. The first-order valence-corrected chi connectivity index (χ1v) is 9.60. The van der Waals surface area contributed by atoms with Crippen LogP contribution in [-0.2, 0) is 4.74 Å². The van der Waals surface area contributed by atoms with Crippen molar-refractivity contribution in [2.75, 3.05) is 5.32 Å². The Hall–Kier alpha value is -3.21. The number of anilines is 1. The van der Waals surface area contributed by atoms with Crippen LogP contribution in [0.3, 0.4) is 0 Å². The van der Waals surface area contributed by atoms with Gasteiger partial charge in [0.2, 0.25) is 5.95 Å². The summed E-state index contributed by atoms with van der Waals surface area (Å²) in [7, 11) is 0. The molecule has 0 atom stereocenters. The summed E-state index contributed by atoms with van der Waals surface area (Å²) in [6.07, 6.45) is 3.46. The largest absolute Gasteiger partial charge is 0.522 e. The Kier molecular flexibility index (Phi) is 4.54. The van der Waals surface area contributed by atoms with Crippen LogP contribution in [0.1, 0.15) is 25.7 Å². The summed E-state index contributed by atoms with van der Waals surface area (Å²) < 4.78 is 42.9. The van der Waals surface area contributed by atoms with Crippen molar-refractivity contribution in [3.05, 3.63) is 36.9 Å². The quantitative estimate of drug-likeness (QED) is 0.523. The molecule has 0 aromatic carbocycles. The van der Waals surface area contributed by atoms with Gasteiger partial charge in [-0.05, 0) is 37.8 Å². The molecule has 1 aliphatic rings. The van der Waals surface area contributed by atoms with E-state index < -0.39 is 12.5 Å². The van der Waals surface area contributed by atoms with E-state index in [1.54, 1.807) is 23.1 Å². The number of rotatable bonds is 4. The van der Waals surface area contributed by atoms with Gasteiger partial charge in [-0.25, -0.2) is 14.5 Å². The van der Waals surface area contributed by atoms with Crippen LogP contribution >= 0.6 is 0 Å². The average Bonchev–Trinajstić information content (AvgIpc) is 3.34. The van der Waals surface area contributed by atoms with Gasteiger partial charge in [-0.3, -0.25) is 4.74 Å². The van der Waals surface area contributed by atoms with Gasteiger partial charge < -0.3 is 10.3 Å². The fourth-order valence-electron chi connectivity index (χ4n) is 3.84. The number of alkyl halides is 3. The van der Waals surface area contributed by atoms with Crippen LogP contribution in [0.2, 0.25) is 0 Å². The van der Waals surface area contributed by atoms with Crippen LogP contribution in [0, 0.1) is 0 Å². The number of imidazole rings is 1. The second-order valence-electron chi connectivity index (χ2n) is 7.29. The topological polar surface area (TPSA) is 93.0 Å². The number of aromatic nitrogens is 6. The van der Waals surface area contributed by atoms with Crippen LogP contribution in [0.4, 0.5) is 19.1 Å². The Morgan fingerprint density at radius 3 is 2.77 bits per heavy atom. The van der Waals surface area contributed by atoms with Crippen LogP contribution in [-0.4, -0.2) is 48.1 Å². The zero-order chi connectivity index (χ0) is 20.7. The van der Waals surface area contributed by atoms with Crippen molar-refractivity contribution in [2.24, 2.45) is 0 Å². The summed E-state index contributed by atoms with van der Waals surface area (Å²) >= 11 is 0. The summed E-state index contributed by atoms with van der Waals surface area (Å²) in [5.41, 5.74) is 3.05. The second kappa shape index (κ2) is 7.24. The fourth-order valence-corrected chi connectivity index (χ4v) is 3.84. The molecule has 2 N–H and O–H groups in total. The monoisotopic (exact) mass is 417 g/mol. The lowest BCUT2D eigenvalue weighted by Gasteiger charge is -2.29. The molecule has 4 heterocycles. The van der Waals surface area contributed by atoms with Crippen molar-refractivity contribution in [1.82, 2.24) is 29.5 Å². The van der Waals surface area contributed by atoms with E-state index in [1.165, 1.54) is 0 Å². The highest BCUT2D eigenvalue weighted by Crippen LogP contribution is 2.30. The van der Waals surface area contributed by atoms with Crippen LogP contribution in [0.15, 0.2) is 36.9 Å². The minimum Gasteiger partial charge on any atom is -0.351 e. The molecule has 0 aliphatic heterocycles. The summed E-state index contributed by atoms with van der Waals surface area (Å²) in [5, 5.41) is 8.59. The van der Waals surface area contributed by atoms with E-state index in [0.717, 1.165) is 22.3 Å². The molecule has 0 spiro atoms. The maximum absolute atomic E-state index is 12.3. The molecular formula is C19H18F3N7O. The molecule has 5 rings (SSSR count). The minimum absolute atomic E-state index is 0.00952. The van der Waals surface area contributed by atoms with Gasteiger partial charge in [0, 0.05) is 41.8 Å². The van der Waals surface area contributed by atoms with Crippen molar-refractivity contribution in [3.8, 4) is 11.3 Å². The Labute approximate surface area is 168 Å². The third-order valence-corrected chi connectivity index (χ3v) is 5.27. The van der Waals surface area contributed by atoms with Gasteiger partial charge in [-0.2, -0.15) is 10.1 Å². The molecule has 30 heavy (non-hydrogen) atoms. The van der Waals surface area contributed by atoms with Gasteiger partial charge in [-0.1, -0.05) is 0 Å². The molecule has 8 nitrogen and oxygen atoms in total. The summed E-state index contributed by atoms with van der Waals surface area (Å²) in [4.78, 5) is 16.2. The van der Waals surface area contributed by atoms with E-state index in [9.17, 15) is 13.2 Å². The average molecular weight is 417 g/mol. The number of H-pyrrole nitrogens is 1. The van der Waals surface area contributed by atoms with Crippen molar-refractivity contribution in [3.63, 3.8) is 0 Å². The van der Waals surface area contributed by atoms with Gasteiger partial charge in [0.25, 0.3) is 0 Å². The number of hydrogen-bond acceptors (Lipinski definition) is 6. The van der Waals surface area contributed by atoms with Crippen LogP contribution in [0.5, 0.6) is 0 Å². The molecular weight excluding hydrogens is 399 g/mol. The first kappa shape index (κ1) is 18.8. The molecule has 4 aromatic heterocycles. The number of hydrogen-bond donors (Lipinski definition) is 2. The minimum atomic E-state index is -4.58. The lowest BCUT2D eigenvalue weighted by molar-refractivity contribution is -0.345. The zero-order valence-electron chi connectivity index (χ0n) is 15.7. The smallest absolute Gasteiger partial charge is 0.351 e. The Morgan fingerprint density at radius 2 is 1.97 bits per heavy atom. The van der Waals surface area contributed by atoms with Crippen molar-refractivity contribution in [2.45, 2.75) is 44.2 Å². The SMILES string of the molecule is FC(F)(F)O[C@H]1CC[C@@H](Nc2ncc3c(-c4ccc5nccn5n4)c[nH]c3n2)CC1. The lowest BCUT2D eigenvalue weighted by atomic mass is 9.93. The predicted molar refractivity (Wildman–Crippen MR) is 103 cm³/mol. The Bertz CT molecular complexity index is 1180.